The molecule has 2 aromatic rings. The summed E-state index contributed by atoms with van der Waals surface area (Å²) in [5.74, 6) is -2.25. The zero-order valence-corrected chi connectivity index (χ0v) is 10.6. The van der Waals surface area contributed by atoms with E-state index in [-0.39, 0.29) is 36.0 Å². The fourth-order valence-corrected chi connectivity index (χ4v) is 1.81. The molecule has 1 heterocycles. The minimum atomic E-state index is -0.913. The van der Waals surface area contributed by atoms with E-state index in [1.165, 1.54) is 0 Å². The van der Waals surface area contributed by atoms with E-state index in [2.05, 4.69) is 10.1 Å². The number of carboxylic acid groups (broad SMARTS) is 1. The van der Waals surface area contributed by atoms with Crippen molar-refractivity contribution >= 4 is 5.97 Å². The van der Waals surface area contributed by atoms with Crippen molar-refractivity contribution in [3.05, 3.63) is 35.7 Å². The molecule has 1 unspecified atom stereocenters. The second-order valence-corrected chi connectivity index (χ2v) is 4.58. The molecule has 7 heteroatoms. The van der Waals surface area contributed by atoms with Gasteiger partial charge in [-0.3, -0.25) is 4.79 Å². The monoisotopic (exact) mass is 282 g/mol. The summed E-state index contributed by atoms with van der Waals surface area (Å²) in [4.78, 5) is 14.6. The van der Waals surface area contributed by atoms with Crippen molar-refractivity contribution in [1.82, 2.24) is 10.1 Å². The van der Waals surface area contributed by atoms with Crippen molar-refractivity contribution in [1.29, 1.82) is 0 Å². The number of rotatable bonds is 5. The zero-order chi connectivity index (χ0) is 14.7. The summed E-state index contributed by atoms with van der Waals surface area (Å²) in [6.45, 7) is 1.74. The van der Waals surface area contributed by atoms with E-state index in [0.29, 0.717) is 0 Å². The molecule has 5 nitrogen and oxygen atoms in total. The lowest BCUT2D eigenvalue weighted by Gasteiger charge is -2.03. The van der Waals surface area contributed by atoms with E-state index in [1.807, 2.05) is 0 Å². The Balaban J connectivity index is 2.14. The smallest absolute Gasteiger partial charge is 0.303 e. The molecule has 0 fully saturated rings. The number of hydrogen-bond acceptors (Lipinski definition) is 4. The highest BCUT2D eigenvalue weighted by Gasteiger charge is 2.15. The number of carbonyl (C=O) groups is 1. The van der Waals surface area contributed by atoms with E-state index >= 15 is 0 Å². The van der Waals surface area contributed by atoms with Gasteiger partial charge in [-0.15, -0.1) is 0 Å². The van der Waals surface area contributed by atoms with Crippen LogP contribution < -0.4 is 0 Å². The second-order valence-electron chi connectivity index (χ2n) is 4.58. The van der Waals surface area contributed by atoms with E-state index < -0.39 is 17.6 Å². The normalized spacial score (nSPS) is 12.3. The summed E-state index contributed by atoms with van der Waals surface area (Å²) in [6, 6.07) is 2.94. The predicted molar refractivity (Wildman–Crippen MR) is 64.8 cm³/mol. The number of aromatic nitrogens is 2. The van der Waals surface area contributed by atoms with Gasteiger partial charge in [0.1, 0.15) is 11.6 Å². The molecule has 106 valence electrons. The van der Waals surface area contributed by atoms with Gasteiger partial charge in [0, 0.05) is 24.5 Å². The van der Waals surface area contributed by atoms with Crippen LogP contribution in [0.25, 0.3) is 11.4 Å². The van der Waals surface area contributed by atoms with Gasteiger partial charge < -0.3 is 9.63 Å². The first-order valence-electron chi connectivity index (χ1n) is 5.95. The van der Waals surface area contributed by atoms with Crippen LogP contribution in [-0.4, -0.2) is 21.2 Å². The first-order chi connectivity index (χ1) is 9.44. The molecule has 0 spiro atoms. The summed E-state index contributed by atoms with van der Waals surface area (Å²) in [7, 11) is 0. The summed E-state index contributed by atoms with van der Waals surface area (Å²) in [5.41, 5.74) is 0.170. The van der Waals surface area contributed by atoms with Crippen LogP contribution in [0.5, 0.6) is 0 Å². The van der Waals surface area contributed by atoms with Gasteiger partial charge in [-0.2, -0.15) is 4.98 Å². The third-order valence-corrected chi connectivity index (χ3v) is 2.64. The highest BCUT2D eigenvalue weighted by atomic mass is 19.1. The minimum Gasteiger partial charge on any atom is -0.481 e. The van der Waals surface area contributed by atoms with E-state index in [9.17, 15) is 13.6 Å². The van der Waals surface area contributed by atoms with Gasteiger partial charge in [-0.05, 0) is 18.1 Å². The summed E-state index contributed by atoms with van der Waals surface area (Å²) in [6.07, 6.45) is 0.267. The molecule has 1 atom stereocenters. The number of hydrogen-bond donors (Lipinski definition) is 1. The average molecular weight is 282 g/mol. The van der Waals surface area contributed by atoms with Crippen LogP contribution in [0.15, 0.2) is 22.7 Å². The van der Waals surface area contributed by atoms with Gasteiger partial charge in [0.25, 0.3) is 0 Å². The summed E-state index contributed by atoms with van der Waals surface area (Å²) in [5, 5.41) is 12.3. The van der Waals surface area contributed by atoms with E-state index in [1.54, 1.807) is 6.92 Å². The largest absolute Gasteiger partial charge is 0.481 e. The van der Waals surface area contributed by atoms with Crippen LogP contribution in [0.4, 0.5) is 8.78 Å². The fourth-order valence-electron chi connectivity index (χ4n) is 1.81. The number of benzene rings is 1. The van der Waals surface area contributed by atoms with Gasteiger partial charge >= 0.3 is 5.97 Å². The van der Waals surface area contributed by atoms with E-state index in [0.717, 1.165) is 18.2 Å². The Morgan fingerprint density at radius 2 is 2.00 bits per heavy atom. The third-order valence-electron chi connectivity index (χ3n) is 2.64. The van der Waals surface area contributed by atoms with Crippen molar-refractivity contribution in [2.45, 2.75) is 19.8 Å². The second kappa shape index (κ2) is 5.77. The molecule has 0 aliphatic carbocycles. The molecule has 1 aromatic carbocycles. The maximum atomic E-state index is 13.1. The Bertz CT molecular complexity index is 608. The predicted octanol–water partition coefficient (Wildman–Crippen LogP) is 2.67. The van der Waals surface area contributed by atoms with Crippen molar-refractivity contribution in [2.24, 2.45) is 5.92 Å². The molecule has 0 aliphatic heterocycles. The topological polar surface area (TPSA) is 76.2 Å². The highest BCUT2D eigenvalue weighted by molar-refractivity contribution is 5.67. The molecule has 20 heavy (non-hydrogen) atoms. The fraction of sp³-hybridized carbons (Fsp3) is 0.308. The van der Waals surface area contributed by atoms with Gasteiger partial charge in [0.05, 0.1) is 0 Å². The molecule has 0 amide bonds. The molecule has 0 aliphatic rings. The maximum Gasteiger partial charge on any atom is 0.303 e. The molecule has 1 aromatic heterocycles. The standard InChI is InChI=1S/C13H12F2N2O3/c1-7(3-12(18)19)2-11-16-13(17-20-11)8-4-9(14)6-10(15)5-8/h4-7H,2-3H2,1H3,(H,18,19). The average Bonchev–Trinajstić information content (AvgIpc) is 2.74. The molecule has 0 saturated heterocycles. The lowest BCUT2D eigenvalue weighted by Crippen LogP contribution is -2.07. The quantitative estimate of drug-likeness (QED) is 0.912. The summed E-state index contributed by atoms with van der Waals surface area (Å²) < 4.78 is 31.1. The first kappa shape index (κ1) is 14.1. The SMILES string of the molecule is CC(CC(=O)O)Cc1nc(-c2cc(F)cc(F)c2)no1. The molecule has 2 rings (SSSR count). The van der Waals surface area contributed by atoms with Gasteiger partial charge in [-0.1, -0.05) is 12.1 Å². The van der Waals surface area contributed by atoms with Crippen LogP contribution in [0.3, 0.4) is 0 Å². The molecular weight excluding hydrogens is 270 g/mol. The number of carboxylic acids is 1. The Labute approximate surface area is 113 Å². The first-order valence-corrected chi connectivity index (χ1v) is 5.95. The Morgan fingerprint density at radius 1 is 1.35 bits per heavy atom. The number of aliphatic carboxylic acids is 1. The summed E-state index contributed by atoms with van der Waals surface area (Å²) >= 11 is 0. The molecule has 1 N–H and O–H groups in total. The van der Waals surface area contributed by atoms with Crippen LogP contribution in [0, 0.1) is 17.6 Å². The van der Waals surface area contributed by atoms with Crippen LogP contribution >= 0.6 is 0 Å². The third kappa shape index (κ3) is 3.59. The zero-order valence-electron chi connectivity index (χ0n) is 10.6. The number of halogens is 2. The van der Waals surface area contributed by atoms with Crippen LogP contribution in [-0.2, 0) is 11.2 Å². The highest BCUT2D eigenvalue weighted by Crippen LogP contribution is 2.20. The van der Waals surface area contributed by atoms with Gasteiger partial charge in [0.2, 0.25) is 11.7 Å². The van der Waals surface area contributed by atoms with Crippen molar-refractivity contribution in [3.63, 3.8) is 0 Å². The number of nitrogens with zero attached hydrogens (tertiary/aromatic N) is 2. The van der Waals surface area contributed by atoms with Gasteiger partial charge in [0.15, 0.2) is 0 Å². The van der Waals surface area contributed by atoms with Crippen LogP contribution in [0.1, 0.15) is 19.2 Å². The lowest BCUT2D eigenvalue weighted by molar-refractivity contribution is -0.137. The molecule has 0 bridgehead atoms. The molecule has 0 radical (unpaired) electrons. The van der Waals surface area contributed by atoms with Crippen molar-refractivity contribution in [3.8, 4) is 11.4 Å². The Hall–Kier alpha value is -2.31. The lowest BCUT2D eigenvalue weighted by atomic mass is 10.0. The van der Waals surface area contributed by atoms with Crippen LogP contribution in [0.2, 0.25) is 0 Å². The van der Waals surface area contributed by atoms with Crippen molar-refractivity contribution in [2.75, 3.05) is 0 Å². The van der Waals surface area contributed by atoms with E-state index in [4.69, 9.17) is 9.63 Å². The minimum absolute atomic E-state index is 0.0215. The Kier molecular flexibility index (Phi) is 4.07. The van der Waals surface area contributed by atoms with Crippen molar-refractivity contribution < 1.29 is 23.2 Å². The molecular formula is C13H12F2N2O3. The Morgan fingerprint density at radius 3 is 2.60 bits per heavy atom. The van der Waals surface area contributed by atoms with Gasteiger partial charge in [-0.25, -0.2) is 8.78 Å². The molecule has 0 saturated carbocycles. The maximum absolute atomic E-state index is 13.1.